The lowest BCUT2D eigenvalue weighted by molar-refractivity contribution is 0.174. The molecule has 1 aliphatic rings. The van der Waals surface area contributed by atoms with Crippen molar-refractivity contribution in [1.29, 1.82) is 0 Å². The van der Waals surface area contributed by atoms with Crippen LogP contribution in [0.2, 0.25) is 0 Å². The first kappa shape index (κ1) is 10.3. The molecule has 0 saturated heterocycles. The first-order valence-corrected chi connectivity index (χ1v) is 6.00. The van der Waals surface area contributed by atoms with Crippen LogP contribution in [0.4, 0.5) is 11.6 Å². The molecular formula is C14H11N3O2. The molecule has 2 heterocycles. The van der Waals surface area contributed by atoms with Crippen molar-refractivity contribution in [3.8, 4) is 11.5 Å². The number of fused-ring (bicyclic) bond motifs is 2. The average molecular weight is 253 g/mol. The molecule has 0 fully saturated rings. The zero-order valence-corrected chi connectivity index (χ0v) is 10.0. The van der Waals surface area contributed by atoms with E-state index < -0.39 is 0 Å². The summed E-state index contributed by atoms with van der Waals surface area (Å²) in [6, 6.07) is 13.7. The van der Waals surface area contributed by atoms with E-state index >= 15 is 0 Å². The molecule has 2 N–H and O–H groups in total. The van der Waals surface area contributed by atoms with Crippen LogP contribution >= 0.6 is 0 Å². The number of aromatic amines is 1. The van der Waals surface area contributed by atoms with Gasteiger partial charge in [0.1, 0.15) is 0 Å². The summed E-state index contributed by atoms with van der Waals surface area (Å²) in [5.41, 5.74) is 2.76. The summed E-state index contributed by atoms with van der Waals surface area (Å²) < 4.78 is 10.7. The first-order chi connectivity index (χ1) is 9.38. The topological polar surface area (TPSA) is 59.2 Å². The van der Waals surface area contributed by atoms with Gasteiger partial charge in [0.2, 0.25) is 12.7 Å². The van der Waals surface area contributed by atoms with Gasteiger partial charge in [-0.15, -0.1) is 0 Å². The number of hydrogen-bond acceptors (Lipinski definition) is 4. The monoisotopic (exact) mass is 253 g/mol. The lowest BCUT2D eigenvalue weighted by Gasteiger charge is -2.00. The molecule has 5 nitrogen and oxygen atoms in total. The van der Waals surface area contributed by atoms with E-state index in [1.54, 1.807) is 0 Å². The van der Waals surface area contributed by atoms with Crippen LogP contribution < -0.4 is 14.8 Å². The Bertz CT molecular complexity index is 696. The van der Waals surface area contributed by atoms with Gasteiger partial charge in [-0.3, -0.25) is 0 Å². The number of ether oxygens (including phenoxy) is 2. The van der Waals surface area contributed by atoms with Crippen molar-refractivity contribution >= 4 is 22.7 Å². The van der Waals surface area contributed by atoms with Crippen LogP contribution in [-0.4, -0.2) is 16.8 Å². The number of rotatable bonds is 2. The molecule has 94 valence electrons. The Morgan fingerprint density at radius 1 is 1.05 bits per heavy atom. The fourth-order valence-electron chi connectivity index (χ4n) is 2.12. The fraction of sp³-hybridized carbons (Fsp3) is 0.0714. The highest BCUT2D eigenvalue weighted by molar-refractivity contribution is 5.82. The Morgan fingerprint density at radius 3 is 2.68 bits per heavy atom. The normalized spacial score (nSPS) is 12.8. The van der Waals surface area contributed by atoms with Gasteiger partial charge in [0.05, 0.1) is 11.0 Å². The van der Waals surface area contributed by atoms with E-state index in [4.69, 9.17) is 9.47 Å². The zero-order chi connectivity index (χ0) is 12.7. The number of benzene rings is 2. The van der Waals surface area contributed by atoms with Gasteiger partial charge in [-0.2, -0.15) is 0 Å². The number of aromatic nitrogens is 2. The Hall–Kier alpha value is -2.69. The van der Waals surface area contributed by atoms with Crippen LogP contribution in [0.1, 0.15) is 0 Å². The molecule has 19 heavy (non-hydrogen) atoms. The second kappa shape index (κ2) is 3.91. The van der Waals surface area contributed by atoms with E-state index in [-0.39, 0.29) is 6.79 Å². The third kappa shape index (κ3) is 1.76. The van der Waals surface area contributed by atoms with Gasteiger partial charge >= 0.3 is 0 Å². The molecule has 5 heteroatoms. The third-order valence-corrected chi connectivity index (χ3v) is 3.01. The van der Waals surface area contributed by atoms with Crippen molar-refractivity contribution in [2.45, 2.75) is 0 Å². The molecule has 0 unspecified atom stereocenters. The van der Waals surface area contributed by atoms with E-state index in [1.807, 2.05) is 42.5 Å². The molecule has 0 aliphatic carbocycles. The van der Waals surface area contributed by atoms with Gasteiger partial charge in [0, 0.05) is 17.8 Å². The lowest BCUT2D eigenvalue weighted by atomic mass is 10.3. The van der Waals surface area contributed by atoms with Gasteiger partial charge in [0.25, 0.3) is 0 Å². The van der Waals surface area contributed by atoms with Crippen LogP contribution in [0.15, 0.2) is 42.5 Å². The van der Waals surface area contributed by atoms with E-state index in [0.29, 0.717) is 5.95 Å². The molecule has 0 saturated carbocycles. The molecule has 1 aliphatic heterocycles. The lowest BCUT2D eigenvalue weighted by Crippen LogP contribution is -1.93. The maximum absolute atomic E-state index is 5.34. The second-order valence-corrected chi connectivity index (χ2v) is 4.30. The van der Waals surface area contributed by atoms with Crippen molar-refractivity contribution < 1.29 is 9.47 Å². The summed E-state index contributed by atoms with van der Waals surface area (Å²) in [6.07, 6.45) is 0. The molecule has 2 aromatic carbocycles. The van der Waals surface area contributed by atoms with Gasteiger partial charge in [-0.05, 0) is 12.1 Å². The van der Waals surface area contributed by atoms with Gasteiger partial charge in [-0.25, -0.2) is 4.98 Å². The van der Waals surface area contributed by atoms with Crippen LogP contribution in [0.3, 0.4) is 0 Å². The first-order valence-electron chi connectivity index (χ1n) is 6.00. The highest BCUT2D eigenvalue weighted by Crippen LogP contribution is 2.35. The number of anilines is 2. The predicted octanol–water partition coefficient (Wildman–Crippen LogP) is 3.04. The van der Waals surface area contributed by atoms with Crippen LogP contribution in [0.25, 0.3) is 11.0 Å². The Balaban J connectivity index is 1.72. The van der Waals surface area contributed by atoms with Gasteiger partial charge in [-0.1, -0.05) is 18.2 Å². The third-order valence-electron chi connectivity index (χ3n) is 3.01. The largest absolute Gasteiger partial charge is 0.454 e. The number of imidazole rings is 1. The molecule has 1 aromatic heterocycles. The summed E-state index contributed by atoms with van der Waals surface area (Å²) in [5.74, 6) is 2.19. The Labute approximate surface area is 109 Å². The Morgan fingerprint density at radius 2 is 1.84 bits per heavy atom. The summed E-state index contributed by atoms with van der Waals surface area (Å²) in [7, 11) is 0. The summed E-state index contributed by atoms with van der Waals surface area (Å²) in [5, 5.41) is 3.22. The second-order valence-electron chi connectivity index (χ2n) is 4.30. The number of nitrogens with one attached hydrogen (secondary N) is 2. The van der Waals surface area contributed by atoms with E-state index in [1.165, 1.54) is 0 Å². The highest BCUT2D eigenvalue weighted by Gasteiger charge is 2.16. The van der Waals surface area contributed by atoms with Gasteiger partial charge < -0.3 is 19.8 Å². The zero-order valence-electron chi connectivity index (χ0n) is 10.0. The number of para-hydroxylation sites is 1. The standard InChI is InChI=1S/C14H11N3O2/c1-2-4-9(5-3-1)15-14-16-10-6-12-13(19-8-18-12)7-11(10)17-14/h1-7H,8H2,(H2,15,16,17). The van der Waals surface area contributed by atoms with Crippen molar-refractivity contribution in [1.82, 2.24) is 9.97 Å². The molecule has 0 amide bonds. The number of nitrogens with zero attached hydrogens (tertiary/aromatic N) is 1. The molecule has 3 aromatic rings. The van der Waals surface area contributed by atoms with E-state index in [2.05, 4.69) is 15.3 Å². The summed E-state index contributed by atoms with van der Waals surface area (Å²) >= 11 is 0. The van der Waals surface area contributed by atoms with Crippen molar-refractivity contribution in [3.63, 3.8) is 0 Å². The van der Waals surface area contributed by atoms with Crippen LogP contribution in [0.5, 0.6) is 11.5 Å². The van der Waals surface area contributed by atoms with Crippen molar-refractivity contribution in [3.05, 3.63) is 42.5 Å². The summed E-state index contributed by atoms with van der Waals surface area (Å²) in [4.78, 5) is 7.70. The van der Waals surface area contributed by atoms with E-state index in [9.17, 15) is 0 Å². The van der Waals surface area contributed by atoms with Crippen molar-refractivity contribution in [2.75, 3.05) is 12.1 Å². The minimum Gasteiger partial charge on any atom is -0.454 e. The molecule has 0 bridgehead atoms. The maximum Gasteiger partial charge on any atom is 0.231 e. The molecule has 0 atom stereocenters. The van der Waals surface area contributed by atoms with Gasteiger partial charge in [0.15, 0.2) is 11.5 Å². The smallest absolute Gasteiger partial charge is 0.231 e. The maximum atomic E-state index is 5.34. The van der Waals surface area contributed by atoms with Crippen molar-refractivity contribution in [2.24, 2.45) is 0 Å². The van der Waals surface area contributed by atoms with Crippen LogP contribution in [-0.2, 0) is 0 Å². The molecule has 0 spiro atoms. The minimum atomic E-state index is 0.275. The number of hydrogen-bond donors (Lipinski definition) is 2. The SMILES string of the molecule is c1ccc(Nc2nc3cc4c(cc3[nH]2)OCO4)cc1. The number of H-pyrrole nitrogens is 1. The molecular weight excluding hydrogens is 242 g/mol. The minimum absolute atomic E-state index is 0.275. The van der Waals surface area contributed by atoms with E-state index in [0.717, 1.165) is 28.2 Å². The summed E-state index contributed by atoms with van der Waals surface area (Å²) in [6.45, 7) is 0.275. The molecule has 4 rings (SSSR count). The highest BCUT2D eigenvalue weighted by atomic mass is 16.7. The Kier molecular flexibility index (Phi) is 2.11. The van der Waals surface area contributed by atoms with Crippen LogP contribution in [0, 0.1) is 0 Å². The molecule has 0 radical (unpaired) electrons. The average Bonchev–Trinajstić information content (AvgIpc) is 3.01. The quantitative estimate of drug-likeness (QED) is 0.737. The fourth-order valence-corrected chi connectivity index (χ4v) is 2.12. The predicted molar refractivity (Wildman–Crippen MR) is 71.9 cm³/mol.